The lowest BCUT2D eigenvalue weighted by atomic mass is 9.91. The number of aryl methyl sites for hydroxylation is 1. The van der Waals surface area contributed by atoms with E-state index in [9.17, 15) is 0 Å². The minimum absolute atomic E-state index is 0.417. The highest BCUT2D eigenvalue weighted by Gasteiger charge is 2.25. The minimum atomic E-state index is 0.417. The van der Waals surface area contributed by atoms with Crippen LogP contribution in [0.4, 0.5) is 0 Å². The van der Waals surface area contributed by atoms with E-state index < -0.39 is 0 Å². The molecule has 4 nitrogen and oxygen atoms in total. The molecule has 0 radical (unpaired) electrons. The largest absolute Gasteiger partial charge is 0.348 e. The number of nitrogens with zero attached hydrogens (tertiary/aromatic N) is 3. The molecule has 0 spiro atoms. The van der Waals surface area contributed by atoms with Gasteiger partial charge in [-0.3, -0.25) is 9.88 Å². The molecule has 0 amide bonds. The maximum absolute atomic E-state index is 4.58. The fourth-order valence-electron chi connectivity index (χ4n) is 2.74. The fraction of sp³-hybridized carbons (Fsp3) is 0.429. The third-order valence-corrected chi connectivity index (χ3v) is 3.65. The quantitative estimate of drug-likeness (QED) is 0.898. The first-order valence-corrected chi connectivity index (χ1v) is 6.47. The van der Waals surface area contributed by atoms with E-state index in [2.05, 4.69) is 33.0 Å². The summed E-state index contributed by atoms with van der Waals surface area (Å²) in [6.07, 6.45) is 9.16. The van der Waals surface area contributed by atoms with Gasteiger partial charge in [0, 0.05) is 18.6 Å². The van der Waals surface area contributed by atoms with E-state index in [4.69, 9.17) is 0 Å². The van der Waals surface area contributed by atoms with E-state index in [0.29, 0.717) is 6.04 Å². The molecule has 4 heteroatoms. The molecular formula is C14H18N4. The van der Waals surface area contributed by atoms with Crippen LogP contribution in [0.25, 0.3) is 0 Å². The lowest BCUT2D eigenvalue weighted by molar-refractivity contribution is 0.204. The van der Waals surface area contributed by atoms with E-state index in [-0.39, 0.29) is 0 Å². The molecule has 3 rings (SSSR count). The van der Waals surface area contributed by atoms with Gasteiger partial charge in [-0.25, -0.2) is 4.98 Å². The summed E-state index contributed by atoms with van der Waals surface area (Å²) in [5.41, 5.74) is 2.65. The van der Waals surface area contributed by atoms with Crippen molar-refractivity contribution in [2.45, 2.75) is 31.8 Å². The first kappa shape index (κ1) is 11.4. The molecule has 2 aromatic heterocycles. The molecule has 0 fully saturated rings. The van der Waals surface area contributed by atoms with Crippen LogP contribution in [-0.4, -0.2) is 26.9 Å². The maximum Gasteiger partial charge on any atom is 0.120 e. The van der Waals surface area contributed by atoms with Crippen LogP contribution in [0.5, 0.6) is 0 Å². The molecule has 0 aromatic carbocycles. The summed E-state index contributed by atoms with van der Waals surface area (Å²) in [7, 11) is 2.15. The average Bonchev–Trinajstić information content (AvgIpc) is 2.91. The molecule has 1 aliphatic rings. The second-order valence-corrected chi connectivity index (χ2v) is 4.91. The SMILES string of the molecule is CN(Cc1ncc[nH]1)[C@H]1CCCc2cccnc21. The lowest BCUT2D eigenvalue weighted by Crippen LogP contribution is -2.28. The van der Waals surface area contributed by atoms with Crippen LogP contribution in [0.2, 0.25) is 0 Å². The Morgan fingerprint density at radius 3 is 3.17 bits per heavy atom. The van der Waals surface area contributed by atoms with Gasteiger partial charge in [0.15, 0.2) is 0 Å². The highest BCUT2D eigenvalue weighted by molar-refractivity contribution is 5.25. The Kier molecular flexibility index (Phi) is 3.11. The summed E-state index contributed by atoms with van der Waals surface area (Å²) in [6.45, 7) is 0.841. The van der Waals surface area contributed by atoms with Gasteiger partial charge in [-0.2, -0.15) is 0 Å². The fourth-order valence-corrected chi connectivity index (χ4v) is 2.74. The Morgan fingerprint density at radius 2 is 2.33 bits per heavy atom. The molecule has 18 heavy (non-hydrogen) atoms. The van der Waals surface area contributed by atoms with E-state index in [1.165, 1.54) is 24.1 Å². The molecule has 0 aliphatic heterocycles. The van der Waals surface area contributed by atoms with E-state index in [1.807, 2.05) is 18.5 Å². The number of imidazole rings is 1. The topological polar surface area (TPSA) is 44.8 Å². The van der Waals surface area contributed by atoms with Gasteiger partial charge in [-0.05, 0) is 37.9 Å². The zero-order valence-electron chi connectivity index (χ0n) is 10.6. The molecule has 0 bridgehead atoms. The molecule has 0 saturated heterocycles. The van der Waals surface area contributed by atoms with Gasteiger partial charge < -0.3 is 4.98 Å². The standard InChI is InChI=1S/C14H18N4/c1-18(10-13-15-8-9-16-13)12-6-2-4-11-5-3-7-17-14(11)12/h3,5,7-9,12H,2,4,6,10H2,1H3,(H,15,16)/t12-/m0/s1. The number of hydrogen-bond donors (Lipinski definition) is 1. The average molecular weight is 242 g/mol. The second kappa shape index (κ2) is 4.90. The normalized spacial score (nSPS) is 18.9. The number of fused-ring (bicyclic) bond motifs is 1. The molecule has 0 unspecified atom stereocenters. The number of nitrogens with one attached hydrogen (secondary N) is 1. The van der Waals surface area contributed by atoms with Crippen LogP contribution in [0.15, 0.2) is 30.7 Å². The minimum Gasteiger partial charge on any atom is -0.348 e. The predicted octanol–water partition coefficient (Wildman–Crippen LogP) is 2.31. The van der Waals surface area contributed by atoms with Gasteiger partial charge in [-0.1, -0.05) is 6.07 Å². The number of pyridine rings is 1. The molecule has 2 heterocycles. The monoisotopic (exact) mass is 242 g/mol. The summed E-state index contributed by atoms with van der Waals surface area (Å²) < 4.78 is 0. The third-order valence-electron chi connectivity index (χ3n) is 3.65. The maximum atomic E-state index is 4.58. The Labute approximate surface area is 107 Å². The predicted molar refractivity (Wildman–Crippen MR) is 70.0 cm³/mol. The summed E-state index contributed by atoms with van der Waals surface area (Å²) in [5, 5.41) is 0. The van der Waals surface area contributed by atoms with Crippen molar-refractivity contribution in [1.82, 2.24) is 19.9 Å². The Bertz CT molecular complexity index is 506. The highest BCUT2D eigenvalue weighted by Crippen LogP contribution is 2.32. The van der Waals surface area contributed by atoms with Gasteiger partial charge in [-0.15, -0.1) is 0 Å². The van der Waals surface area contributed by atoms with E-state index >= 15 is 0 Å². The zero-order valence-corrected chi connectivity index (χ0v) is 10.6. The van der Waals surface area contributed by atoms with Crippen LogP contribution in [0, 0.1) is 0 Å². The van der Waals surface area contributed by atoms with Crippen LogP contribution < -0.4 is 0 Å². The van der Waals surface area contributed by atoms with Crippen LogP contribution in [0.1, 0.15) is 36.0 Å². The molecule has 2 aromatic rings. The second-order valence-electron chi connectivity index (χ2n) is 4.91. The van der Waals surface area contributed by atoms with Crippen molar-refractivity contribution in [3.63, 3.8) is 0 Å². The van der Waals surface area contributed by atoms with E-state index in [1.54, 1.807) is 6.20 Å². The van der Waals surface area contributed by atoms with Gasteiger partial charge >= 0.3 is 0 Å². The smallest absolute Gasteiger partial charge is 0.120 e. The Balaban J connectivity index is 1.80. The summed E-state index contributed by atoms with van der Waals surface area (Å²) >= 11 is 0. The zero-order chi connectivity index (χ0) is 12.4. The molecule has 94 valence electrons. The van der Waals surface area contributed by atoms with Crippen molar-refractivity contribution < 1.29 is 0 Å². The molecule has 1 N–H and O–H groups in total. The number of H-pyrrole nitrogens is 1. The van der Waals surface area contributed by atoms with Crippen molar-refractivity contribution in [2.75, 3.05) is 7.05 Å². The highest BCUT2D eigenvalue weighted by atomic mass is 15.2. The Hall–Kier alpha value is -1.68. The van der Waals surface area contributed by atoms with Gasteiger partial charge in [0.2, 0.25) is 0 Å². The van der Waals surface area contributed by atoms with Crippen molar-refractivity contribution in [3.05, 3.63) is 47.8 Å². The van der Waals surface area contributed by atoms with Crippen molar-refractivity contribution >= 4 is 0 Å². The van der Waals surface area contributed by atoms with Crippen LogP contribution in [0.3, 0.4) is 0 Å². The third kappa shape index (κ3) is 2.16. The number of hydrogen-bond acceptors (Lipinski definition) is 3. The molecular weight excluding hydrogens is 224 g/mol. The van der Waals surface area contributed by atoms with E-state index in [0.717, 1.165) is 18.8 Å². The van der Waals surface area contributed by atoms with Crippen LogP contribution in [-0.2, 0) is 13.0 Å². The van der Waals surface area contributed by atoms with Gasteiger partial charge in [0.05, 0.1) is 18.3 Å². The van der Waals surface area contributed by atoms with Crippen molar-refractivity contribution in [2.24, 2.45) is 0 Å². The number of aromatic nitrogens is 3. The molecule has 1 atom stereocenters. The molecule has 1 aliphatic carbocycles. The van der Waals surface area contributed by atoms with Crippen molar-refractivity contribution in [3.8, 4) is 0 Å². The summed E-state index contributed by atoms with van der Waals surface area (Å²) in [5.74, 6) is 1.01. The molecule has 0 saturated carbocycles. The first-order chi connectivity index (χ1) is 8.84. The van der Waals surface area contributed by atoms with Crippen molar-refractivity contribution in [1.29, 1.82) is 0 Å². The number of aromatic amines is 1. The first-order valence-electron chi connectivity index (χ1n) is 6.47. The van der Waals surface area contributed by atoms with Gasteiger partial charge in [0.1, 0.15) is 5.82 Å². The Morgan fingerprint density at radius 1 is 1.39 bits per heavy atom. The lowest BCUT2D eigenvalue weighted by Gasteiger charge is -2.31. The summed E-state index contributed by atoms with van der Waals surface area (Å²) in [6, 6.07) is 4.66. The number of rotatable bonds is 3. The van der Waals surface area contributed by atoms with Gasteiger partial charge in [0.25, 0.3) is 0 Å². The van der Waals surface area contributed by atoms with Crippen LogP contribution >= 0.6 is 0 Å². The summed E-state index contributed by atoms with van der Waals surface area (Å²) in [4.78, 5) is 14.4.